The molecule has 0 aliphatic carbocycles. The van der Waals surface area contributed by atoms with Crippen LogP contribution in [-0.4, -0.2) is 23.5 Å². The van der Waals surface area contributed by atoms with E-state index in [9.17, 15) is 4.79 Å². The molecule has 110 valence electrons. The molecule has 1 fully saturated rings. The van der Waals surface area contributed by atoms with E-state index in [1.54, 1.807) is 0 Å². The highest BCUT2D eigenvalue weighted by Crippen LogP contribution is 2.21. The summed E-state index contributed by atoms with van der Waals surface area (Å²) in [5.41, 5.74) is 1.20. The molecule has 1 aliphatic rings. The predicted octanol–water partition coefficient (Wildman–Crippen LogP) is 4.11. The van der Waals surface area contributed by atoms with Gasteiger partial charge in [0.2, 0.25) is 0 Å². The Morgan fingerprint density at radius 2 is 2.10 bits per heavy atom. The third kappa shape index (κ3) is 3.75. The molecule has 2 unspecified atom stereocenters. The van der Waals surface area contributed by atoms with Crippen LogP contribution < -0.4 is 5.32 Å². The SMILES string of the molecule is CCCC(NC(=O)N1CCCCC1C)c1ccccc1. The first-order valence-electron chi connectivity index (χ1n) is 7.84. The molecule has 3 heteroatoms. The van der Waals surface area contributed by atoms with Crippen LogP contribution in [0.2, 0.25) is 0 Å². The summed E-state index contributed by atoms with van der Waals surface area (Å²) in [6, 6.07) is 10.9. The lowest BCUT2D eigenvalue weighted by Gasteiger charge is -2.34. The molecule has 2 rings (SSSR count). The second-order valence-electron chi connectivity index (χ2n) is 5.74. The van der Waals surface area contributed by atoms with Crippen molar-refractivity contribution < 1.29 is 4.79 Å². The number of carbonyl (C=O) groups is 1. The van der Waals surface area contributed by atoms with Crippen LogP contribution in [0.1, 0.15) is 57.6 Å². The molecule has 2 atom stereocenters. The van der Waals surface area contributed by atoms with Crippen LogP contribution in [0.15, 0.2) is 30.3 Å². The Hall–Kier alpha value is -1.51. The van der Waals surface area contributed by atoms with Gasteiger partial charge in [0, 0.05) is 12.6 Å². The van der Waals surface area contributed by atoms with Gasteiger partial charge >= 0.3 is 6.03 Å². The highest BCUT2D eigenvalue weighted by molar-refractivity contribution is 5.75. The standard InChI is InChI=1S/C17H26N2O/c1-3-9-16(15-11-5-4-6-12-15)18-17(20)19-13-8-7-10-14(19)2/h4-6,11-12,14,16H,3,7-10,13H2,1-2H3,(H,18,20). The molecule has 1 aromatic rings. The van der Waals surface area contributed by atoms with Gasteiger partial charge in [0.25, 0.3) is 0 Å². The first kappa shape index (κ1) is 14.9. The number of urea groups is 1. The van der Waals surface area contributed by atoms with Crippen molar-refractivity contribution >= 4 is 6.03 Å². The molecule has 1 N–H and O–H groups in total. The minimum absolute atomic E-state index is 0.0968. The Morgan fingerprint density at radius 1 is 1.35 bits per heavy atom. The van der Waals surface area contributed by atoms with E-state index in [2.05, 4.69) is 31.3 Å². The summed E-state index contributed by atoms with van der Waals surface area (Å²) in [6.07, 6.45) is 5.54. The zero-order valence-corrected chi connectivity index (χ0v) is 12.6. The molecule has 0 aromatic heterocycles. The number of likely N-dealkylation sites (tertiary alicyclic amines) is 1. The van der Waals surface area contributed by atoms with Crippen LogP contribution >= 0.6 is 0 Å². The van der Waals surface area contributed by atoms with Crippen molar-refractivity contribution in [1.29, 1.82) is 0 Å². The first-order chi connectivity index (χ1) is 9.72. The van der Waals surface area contributed by atoms with Gasteiger partial charge in [-0.1, -0.05) is 43.7 Å². The Morgan fingerprint density at radius 3 is 2.75 bits per heavy atom. The number of carbonyl (C=O) groups excluding carboxylic acids is 1. The molecule has 1 heterocycles. The van der Waals surface area contributed by atoms with E-state index >= 15 is 0 Å². The van der Waals surface area contributed by atoms with Crippen molar-refractivity contribution in [2.75, 3.05) is 6.54 Å². The zero-order valence-electron chi connectivity index (χ0n) is 12.6. The number of piperidine rings is 1. The zero-order chi connectivity index (χ0) is 14.4. The predicted molar refractivity (Wildman–Crippen MR) is 82.6 cm³/mol. The fraction of sp³-hybridized carbons (Fsp3) is 0.588. The molecule has 1 aromatic carbocycles. The van der Waals surface area contributed by atoms with Gasteiger partial charge < -0.3 is 10.2 Å². The van der Waals surface area contributed by atoms with Crippen LogP contribution in [0, 0.1) is 0 Å². The van der Waals surface area contributed by atoms with Gasteiger partial charge in [0.15, 0.2) is 0 Å². The van der Waals surface area contributed by atoms with E-state index in [-0.39, 0.29) is 12.1 Å². The van der Waals surface area contributed by atoms with E-state index in [0.717, 1.165) is 32.2 Å². The van der Waals surface area contributed by atoms with Gasteiger partial charge in [-0.25, -0.2) is 4.79 Å². The summed E-state index contributed by atoms with van der Waals surface area (Å²) >= 11 is 0. The molecule has 0 spiro atoms. The third-order valence-electron chi connectivity index (χ3n) is 4.14. The van der Waals surface area contributed by atoms with E-state index in [0.29, 0.717) is 6.04 Å². The van der Waals surface area contributed by atoms with Crippen molar-refractivity contribution in [2.45, 2.75) is 58.0 Å². The topological polar surface area (TPSA) is 32.3 Å². The average Bonchev–Trinajstić information content (AvgIpc) is 2.48. The molecule has 2 amide bonds. The lowest BCUT2D eigenvalue weighted by atomic mass is 10.0. The van der Waals surface area contributed by atoms with E-state index < -0.39 is 0 Å². The lowest BCUT2D eigenvalue weighted by Crippen LogP contribution is -2.48. The number of rotatable bonds is 4. The minimum atomic E-state index is 0.0968. The largest absolute Gasteiger partial charge is 0.331 e. The Balaban J connectivity index is 2.02. The normalized spacial score (nSPS) is 20.5. The molecule has 1 aliphatic heterocycles. The second-order valence-corrected chi connectivity index (χ2v) is 5.74. The van der Waals surface area contributed by atoms with Crippen molar-refractivity contribution in [3.63, 3.8) is 0 Å². The molecule has 3 nitrogen and oxygen atoms in total. The maximum Gasteiger partial charge on any atom is 0.318 e. The van der Waals surface area contributed by atoms with Crippen molar-refractivity contribution in [3.8, 4) is 0 Å². The summed E-state index contributed by atoms with van der Waals surface area (Å²) in [6.45, 7) is 5.20. The fourth-order valence-electron chi connectivity index (χ4n) is 2.93. The summed E-state index contributed by atoms with van der Waals surface area (Å²) < 4.78 is 0. The van der Waals surface area contributed by atoms with Gasteiger partial charge in [-0.15, -0.1) is 0 Å². The maximum absolute atomic E-state index is 12.5. The van der Waals surface area contributed by atoms with Crippen molar-refractivity contribution in [1.82, 2.24) is 10.2 Å². The van der Waals surface area contributed by atoms with Crippen LogP contribution in [0.5, 0.6) is 0 Å². The average molecular weight is 274 g/mol. The number of hydrogen-bond acceptors (Lipinski definition) is 1. The molecule has 0 saturated carbocycles. The van der Waals surface area contributed by atoms with Crippen molar-refractivity contribution in [2.24, 2.45) is 0 Å². The molecule has 0 bridgehead atoms. The number of nitrogens with one attached hydrogen (secondary N) is 1. The van der Waals surface area contributed by atoms with E-state index in [1.807, 2.05) is 23.1 Å². The number of benzene rings is 1. The van der Waals surface area contributed by atoms with E-state index in [1.165, 1.54) is 12.0 Å². The number of nitrogens with zero attached hydrogens (tertiary/aromatic N) is 1. The Labute approximate surface area is 122 Å². The molecule has 0 radical (unpaired) electrons. The Kier molecular flexibility index (Phi) is 5.45. The van der Waals surface area contributed by atoms with Crippen LogP contribution in [0.4, 0.5) is 4.79 Å². The summed E-state index contributed by atoms with van der Waals surface area (Å²) in [5, 5.41) is 3.22. The minimum Gasteiger partial charge on any atom is -0.331 e. The highest BCUT2D eigenvalue weighted by Gasteiger charge is 2.25. The smallest absolute Gasteiger partial charge is 0.318 e. The van der Waals surface area contributed by atoms with Crippen molar-refractivity contribution in [3.05, 3.63) is 35.9 Å². The Bertz CT molecular complexity index is 418. The molecule has 20 heavy (non-hydrogen) atoms. The van der Waals surface area contributed by atoms with Gasteiger partial charge in [-0.3, -0.25) is 0 Å². The quantitative estimate of drug-likeness (QED) is 0.880. The van der Waals surface area contributed by atoms with Gasteiger partial charge in [-0.2, -0.15) is 0 Å². The summed E-state index contributed by atoms with van der Waals surface area (Å²) in [4.78, 5) is 14.5. The van der Waals surface area contributed by atoms with Gasteiger partial charge in [0.1, 0.15) is 0 Å². The first-order valence-corrected chi connectivity index (χ1v) is 7.84. The third-order valence-corrected chi connectivity index (χ3v) is 4.14. The maximum atomic E-state index is 12.5. The second kappa shape index (κ2) is 7.32. The molecular formula is C17H26N2O. The fourth-order valence-corrected chi connectivity index (χ4v) is 2.93. The van der Waals surface area contributed by atoms with Gasteiger partial charge in [-0.05, 0) is 38.2 Å². The monoisotopic (exact) mass is 274 g/mol. The summed E-state index contributed by atoms with van der Waals surface area (Å²) in [5.74, 6) is 0. The molecule has 1 saturated heterocycles. The summed E-state index contributed by atoms with van der Waals surface area (Å²) in [7, 11) is 0. The van der Waals surface area contributed by atoms with Crippen LogP contribution in [0.3, 0.4) is 0 Å². The van der Waals surface area contributed by atoms with Crippen LogP contribution in [-0.2, 0) is 0 Å². The number of amides is 2. The molecular weight excluding hydrogens is 248 g/mol. The number of hydrogen-bond donors (Lipinski definition) is 1. The van der Waals surface area contributed by atoms with Gasteiger partial charge in [0.05, 0.1) is 6.04 Å². The van der Waals surface area contributed by atoms with E-state index in [4.69, 9.17) is 0 Å². The highest BCUT2D eigenvalue weighted by atomic mass is 16.2. The lowest BCUT2D eigenvalue weighted by molar-refractivity contribution is 0.154. The van der Waals surface area contributed by atoms with Crippen LogP contribution in [0.25, 0.3) is 0 Å².